The number of carbonyl (C=O) groups excluding carboxylic acids is 3. The van der Waals surface area contributed by atoms with Gasteiger partial charge in [-0.3, -0.25) is 19.3 Å². The van der Waals surface area contributed by atoms with E-state index in [1.54, 1.807) is 24.3 Å². The summed E-state index contributed by atoms with van der Waals surface area (Å²) in [7, 11) is 1.86. The van der Waals surface area contributed by atoms with Crippen molar-refractivity contribution >= 4 is 23.4 Å². The Balaban J connectivity index is 1.56. The highest BCUT2D eigenvalue weighted by molar-refractivity contribution is 6.22. The fourth-order valence-electron chi connectivity index (χ4n) is 4.91. The highest BCUT2D eigenvalue weighted by Gasteiger charge is 2.48. The summed E-state index contributed by atoms with van der Waals surface area (Å²) in [6, 6.07) is 7.27. The largest absolute Gasteiger partial charge is 0.339 e. The van der Waals surface area contributed by atoms with Gasteiger partial charge in [-0.05, 0) is 50.8 Å². The first-order valence-corrected chi connectivity index (χ1v) is 10.4. The molecule has 1 aliphatic heterocycles. The van der Waals surface area contributed by atoms with Crippen LogP contribution in [0.15, 0.2) is 35.9 Å². The van der Waals surface area contributed by atoms with E-state index in [-0.39, 0.29) is 35.6 Å². The average molecular weight is 380 g/mol. The van der Waals surface area contributed by atoms with Gasteiger partial charge in [0.25, 0.3) is 5.91 Å². The third-order valence-electron chi connectivity index (χ3n) is 6.62. The lowest BCUT2D eigenvalue weighted by molar-refractivity contribution is -0.122. The standard InChI is InChI=1S/C23H28N2O3/c1-15-11-12-19-20(13-15)23(28)25(22(19)27)18-10-6-7-16(14-18)21(26)24(2)17-8-4-3-5-9-17/h6-7,10-11,14,17,19-20H,3-5,8-9,12-13H2,1-2H3/t19-,20+/m1/s1. The van der Waals surface area contributed by atoms with Crippen LogP contribution in [-0.2, 0) is 9.59 Å². The topological polar surface area (TPSA) is 57.7 Å². The van der Waals surface area contributed by atoms with Crippen molar-refractivity contribution in [2.24, 2.45) is 11.8 Å². The summed E-state index contributed by atoms with van der Waals surface area (Å²) in [4.78, 5) is 42.0. The van der Waals surface area contributed by atoms with Crippen molar-refractivity contribution in [2.75, 3.05) is 11.9 Å². The molecular formula is C23H28N2O3. The second-order valence-electron chi connectivity index (χ2n) is 8.47. The van der Waals surface area contributed by atoms with Gasteiger partial charge < -0.3 is 4.90 Å². The fourth-order valence-corrected chi connectivity index (χ4v) is 4.91. The lowest BCUT2D eigenvalue weighted by Crippen LogP contribution is -2.38. The fraction of sp³-hybridized carbons (Fsp3) is 0.522. The Hall–Kier alpha value is -2.43. The normalized spacial score (nSPS) is 25.5. The number of nitrogens with zero attached hydrogens (tertiary/aromatic N) is 2. The van der Waals surface area contributed by atoms with Crippen molar-refractivity contribution in [3.63, 3.8) is 0 Å². The van der Waals surface area contributed by atoms with Crippen molar-refractivity contribution in [1.29, 1.82) is 0 Å². The van der Waals surface area contributed by atoms with Gasteiger partial charge in [0.1, 0.15) is 0 Å². The molecule has 28 heavy (non-hydrogen) atoms. The van der Waals surface area contributed by atoms with Crippen LogP contribution in [-0.4, -0.2) is 35.7 Å². The smallest absolute Gasteiger partial charge is 0.253 e. The Labute approximate surface area is 166 Å². The first-order valence-electron chi connectivity index (χ1n) is 10.4. The van der Waals surface area contributed by atoms with Crippen LogP contribution in [0.4, 0.5) is 5.69 Å². The van der Waals surface area contributed by atoms with Crippen molar-refractivity contribution < 1.29 is 14.4 Å². The molecule has 1 heterocycles. The minimum Gasteiger partial charge on any atom is -0.339 e. The molecule has 148 valence electrons. The van der Waals surface area contributed by atoms with Crippen LogP contribution in [0.1, 0.15) is 62.2 Å². The number of rotatable bonds is 3. The van der Waals surface area contributed by atoms with E-state index in [0.29, 0.717) is 24.1 Å². The van der Waals surface area contributed by atoms with Gasteiger partial charge in [-0.1, -0.05) is 37.0 Å². The quantitative estimate of drug-likeness (QED) is 0.590. The van der Waals surface area contributed by atoms with Gasteiger partial charge in [0.2, 0.25) is 11.8 Å². The molecule has 4 rings (SSSR count). The van der Waals surface area contributed by atoms with Crippen LogP contribution in [0.5, 0.6) is 0 Å². The molecule has 2 aliphatic carbocycles. The molecular weight excluding hydrogens is 352 g/mol. The van der Waals surface area contributed by atoms with E-state index in [1.807, 2.05) is 18.9 Å². The lowest BCUT2D eigenvalue weighted by Gasteiger charge is -2.31. The van der Waals surface area contributed by atoms with Gasteiger partial charge in [-0.25, -0.2) is 0 Å². The van der Waals surface area contributed by atoms with E-state index in [2.05, 4.69) is 6.08 Å². The molecule has 0 unspecified atom stereocenters. The van der Waals surface area contributed by atoms with E-state index >= 15 is 0 Å². The van der Waals surface area contributed by atoms with Gasteiger partial charge in [-0.2, -0.15) is 0 Å². The molecule has 3 aliphatic rings. The predicted molar refractivity (Wildman–Crippen MR) is 108 cm³/mol. The number of benzene rings is 1. The summed E-state index contributed by atoms with van der Waals surface area (Å²) in [6.45, 7) is 2.01. The highest BCUT2D eigenvalue weighted by atomic mass is 16.2. The molecule has 1 aromatic carbocycles. The maximum absolute atomic E-state index is 13.0. The molecule has 1 saturated heterocycles. The third-order valence-corrected chi connectivity index (χ3v) is 6.62. The van der Waals surface area contributed by atoms with Gasteiger partial charge in [-0.15, -0.1) is 0 Å². The number of amides is 3. The van der Waals surface area contributed by atoms with E-state index in [9.17, 15) is 14.4 Å². The Kier molecular flexibility index (Phi) is 5.09. The Bertz CT molecular complexity index is 838. The summed E-state index contributed by atoms with van der Waals surface area (Å²) in [5.74, 6) is -0.832. The zero-order valence-corrected chi connectivity index (χ0v) is 16.7. The van der Waals surface area contributed by atoms with Crippen molar-refractivity contribution in [2.45, 2.75) is 57.9 Å². The molecule has 2 fully saturated rings. The number of fused-ring (bicyclic) bond motifs is 1. The van der Waals surface area contributed by atoms with Gasteiger partial charge in [0.05, 0.1) is 17.5 Å². The molecule has 1 aromatic rings. The average Bonchev–Trinajstić information content (AvgIpc) is 2.97. The summed E-state index contributed by atoms with van der Waals surface area (Å²) in [5, 5.41) is 0. The van der Waals surface area contributed by atoms with Crippen LogP contribution in [0.2, 0.25) is 0 Å². The first-order chi connectivity index (χ1) is 13.5. The Morgan fingerprint density at radius 2 is 1.79 bits per heavy atom. The van der Waals surface area contributed by atoms with E-state index in [0.717, 1.165) is 25.7 Å². The number of hydrogen-bond acceptors (Lipinski definition) is 3. The van der Waals surface area contributed by atoms with E-state index < -0.39 is 0 Å². The zero-order chi connectivity index (χ0) is 19.8. The SMILES string of the molecule is CC1=CC[C@H]2C(=O)N(c3cccc(C(=O)N(C)C4CCCCC4)c3)C(=O)[C@H]2C1. The molecule has 3 amide bonds. The summed E-state index contributed by atoms with van der Waals surface area (Å²) < 4.78 is 0. The maximum atomic E-state index is 13.0. The van der Waals surface area contributed by atoms with Crippen LogP contribution in [0.25, 0.3) is 0 Å². The third kappa shape index (κ3) is 3.27. The second-order valence-corrected chi connectivity index (χ2v) is 8.47. The predicted octanol–water partition coefficient (Wildman–Crippen LogP) is 3.94. The number of allylic oxidation sites excluding steroid dienone is 2. The van der Waals surface area contributed by atoms with Crippen LogP contribution >= 0.6 is 0 Å². The molecule has 2 atom stereocenters. The molecule has 5 heteroatoms. The zero-order valence-electron chi connectivity index (χ0n) is 16.7. The Morgan fingerprint density at radius 3 is 2.54 bits per heavy atom. The summed E-state index contributed by atoms with van der Waals surface area (Å²) >= 11 is 0. The minimum atomic E-state index is -0.263. The molecule has 0 radical (unpaired) electrons. The summed E-state index contributed by atoms with van der Waals surface area (Å²) in [5.41, 5.74) is 2.22. The van der Waals surface area contributed by atoms with Gasteiger partial charge in [0.15, 0.2) is 0 Å². The number of hydrogen-bond donors (Lipinski definition) is 0. The van der Waals surface area contributed by atoms with Gasteiger partial charge in [0, 0.05) is 18.7 Å². The number of imide groups is 1. The van der Waals surface area contributed by atoms with Crippen LogP contribution in [0.3, 0.4) is 0 Å². The van der Waals surface area contributed by atoms with Crippen molar-refractivity contribution in [3.05, 3.63) is 41.5 Å². The number of anilines is 1. The molecule has 0 N–H and O–H groups in total. The Morgan fingerprint density at radius 1 is 1.07 bits per heavy atom. The highest BCUT2D eigenvalue weighted by Crippen LogP contribution is 2.40. The van der Waals surface area contributed by atoms with E-state index in [4.69, 9.17) is 0 Å². The van der Waals surface area contributed by atoms with Crippen molar-refractivity contribution in [3.8, 4) is 0 Å². The number of carbonyl (C=O) groups is 3. The second kappa shape index (κ2) is 7.53. The molecule has 5 nitrogen and oxygen atoms in total. The minimum absolute atomic E-state index is 0.0391. The molecule has 0 aromatic heterocycles. The van der Waals surface area contributed by atoms with Crippen LogP contribution < -0.4 is 4.90 Å². The molecule has 0 bridgehead atoms. The summed E-state index contributed by atoms with van der Waals surface area (Å²) in [6.07, 6.45) is 8.99. The monoisotopic (exact) mass is 380 g/mol. The van der Waals surface area contributed by atoms with E-state index in [1.165, 1.54) is 16.9 Å². The lowest BCUT2D eigenvalue weighted by atomic mass is 9.82. The van der Waals surface area contributed by atoms with Crippen molar-refractivity contribution in [1.82, 2.24) is 4.90 Å². The molecule has 1 saturated carbocycles. The maximum Gasteiger partial charge on any atom is 0.253 e. The van der Waals surface area contributed by atoms with Crippen LogP contribution in [0, 0.1) is 11.8 Å². The molecule has 0 spiro atoms. The van der Waals surface area contributed by atoms with Gasteiger partial charge >= 0.3 is 0 Å². The first kappa shape index (κ1) is 18.9.